The van der Waals surface area contributed by atoms with Crippen LogP contribution in [0.15, 0.2) is 6.07 Å². The van der Waals surface area contributed by atoms with Crippen molar-refractivity contribution in [1.29, 1.82) is 0 Å². The van der Waals surface area contributed by atoms with Crippen LogP contribution in [0.2, 0.25) is 0 Å². The Morgan fingerprint density at radius 2 is 2.11 bits per heavy atom. The van der Waals surface area contributed by atoms with Crippen LogP contribution < -0.4 is 5.32 Å². The van der Waals surface area contributed by atoms with Gasteiger partial charge < -0.3 is 10.1 Å². The average molecular weight is 397 g/mol. The van der Waals surface area contributed by atoms with E-state index in [0.29, 0.717) is 16.3 Å². The topological polar surface area (TPSA) is 73.2 Å². The van der Waals surface area contributed by atoms with Gasteiger partial charge in [0.05, 0.1) is 12.2 Å². The number of hydrogen-bond donors (Lipinski definition) is 1. The number of ether oxygens (including phenoxy) is 1. The molecule has 2 aromatic rings. The molecule has 0 fully saturated rings. The first-order valence-corrected chi connectivity index (χ1v) is 9.66. The molecule has 1 amide bonds. The molecule has 0 aromatic carbocycles. The Labute approximate surface area is 159 Å². The van der Waals surface area contributed by atoms with Crippen LogP contribution in [0, 0.1) is 6.92 Å². The Morgan fingerprint density at radius 3 is 2.78 bits per heavy atom. The van der Waals surface area contributed by atoms with Crippen LogP contribution in [0.1, 0.15) is 58.4 Å². The zero-order chi connectivity index (χ0) is 19.6. The van der Waals surface area contributed by atoms with Crippen LogP contribution in [-0.2, 0) is 28.9 Å². The molecule has 9 heteroatoms. The van der Waals surface area contributed by atoms with Crippen LogP contribution in [0.4, 0.5) is 13.8 Å². The normalized spacial score (nSPS) is 13.5. The quantitative estimate of drug-likeness (QED) is 0.751. The molecule has 0 unspecified atom stereocenters. The van der Waals surface area contributed by atoms with Gasteiger partial charge in [0.25, 0.3) is 6.43 Å². The third-order valence-electron chi connectivity index (χ3n) is 4.42. The standard InChI is InChI=1S/C18H21F2N3O3S/c1-3-26-18(25)15-11-6-4-5-7-13(11)27-17(15)21-14(24)9-23-10(2)8-12(22-23)16(19)20/h8,16H,3-7,9H2,1-2H3,(H,21,24). The molecular formula is C18H21F2N3O3S. The van der Waals surface area contributed by atoms with Gasteiger partial charge in [-0.3, -0.25) is 9.48 Å². The van der Waals surface area contributed by atoms with Crippen molar-refractivity contribution in [3.8, 4) is 0 Å². The molecule has 27 heavy (non-hydrogen) atoms. The minimum Gasteiger partial charge on any atom is -0.462 e. The highest BCUT2D eigenvalue weighted by Gasteiger charge is 2.27. The number of carbonyl (C=O) groups is 2. The monoisotopic (exact) mass is 397 g/mol. The molecule has 0 spiro atoms. The second-order valence-electron chi connectivity index (χ2n) is 6.35. The number of hydrogen-bond acceptors (Lipinski definition) is 5. The van der Waals surface area contributed by atoms with Crippen LogP contribution in [0.25, 0.3) is 0 Å². The molecule has 146 valence electrons. The predicted octanol–water partition coefficient (Wildman–Crippen LogP) is 3.88. The Balaban J connectivity index is 1.81. The van der Waals surface area contributed by atoms with E-state index < -0.39 is 18.3 Å². The number of alkyl halides is 2. The Morgan fingerprint density at radius 1 is 1.37 bits per heavy atom. The number of aromatic nitrogens is 2. The summed E-state index contributed by atoms with van der Waals surface area (Å²) in [6.07, 6.45) is 1.01. The predicted molar refractivity (Wildman–Crippen MR) is 97.5 cm³/mol. The van der Waals surface area contributed by atoms with Gasteiger partial charge >= 0.3 is 5.97 Å². The molecule has 0 atom stereocenters. The zero-order valence-corrected chi connectivity index (χ0v) is 16.0. The third-order valence-corrected chi connectivity index (χ3v) is 5.63. The van der Waals surface area contributed by atoms with E-state index in [9.17, 15) is 18.4 Å². The smallest absolute Gasteiger partial charge is 0.341 e. The molecule has 3 rings (SSSR count). The average Bonchev–Trinajstić information content (AvgIpc) is 3.15. The van der Waals surface area contributed by atoms with E-state index in [1.54, 1.807) is 13.8 Å². The SMILES string of the molecule is CCOC(=O)c1c(NC(=O)Cn2nc(C(F)F)cc2C)sc2c1CCCC2. The fraction of sp³-hybridized carbons (Fsp3) is 0.500. The van der Waals surface area contributed by atoms with Crippen molar-refractivity contribution in [1.82, 2.24) is 9.78 Å². The maximum absolute atomic E-state index is 12.8. The van der Waals surface area contributed by atoms with Gasteiger partial charge in [-0.25, -0.2) is 13.6 Å². The number of carbonyl (C=O) groups excluding carboxylic acids is 2. The maximum Gasteiger partial charge on any atom is 0.341 e. The summed E-state index contributed by atoms with van der Waals surface area (Å²) in [5.41, 5.74) is 1.49. The minimum atomic E-state index is -2.69. The Kier molecular flexibility index (Phi) is 5.88. The highest BCUT2D eigenvalue weighted by atomic mass is 32.1. The molecule has 2 heterocycles. The second kappa shape index (κ2) is 8.16. The molecule has 1 aliphatic rings. The molecule has 0 saturated carbocycles. The van der Waals surface area contributed by atoms with E-state index in [2.05, 4.69) is 10.4 Å². The van der Waals surface area contributed by atoms with E-state index in [1.807, 2.05) is 0 Å². The van der Waals surface area contributed by atoms with E-state index in [0.717, 1.165) is 36.1 Å². The highest BCUT2D eigenvalue weighted by Crippen LogP contribution is 2.38. The van der Waals surface area contributed by atoms with Crippen LogP contribution in [0.3, 0.4) is 0 Å². The van der Waals surface area contributed by atoms with Gasteiger partial charge in [-0.1, -0.05) is 0 Å². The first-order valence-electron chi connectivity index (χ1n) is 8.84. The molecule has 0 saturated heterocycles. The van der Waals surface area contributed by atoms with Gasteiger partial charge in [-0.2, -0.15) is 5.10 Å². The summed E-state index contributed by atoms with van der Waals surface area (Å²) < 4.78 is 31.9. The minimum absolute atomic E-state index is 0.205. The van der Waals surface area contributed by atoms with Gasteiger partial charge in [0.1, 0.15) is 17.2 Å². The van der Waals surface area contributed by atoms with E-state index >= 15 is 0 Å². The van der Waals surface area contributed by atoms with Crippen molar-refractivity contribution in [2.75, 3.05) is 11.9 Å². The summed E-state index contributed by atoms with van der Waals surface area (Å²) >= 11 is 1.39. The summed E-state index contributed by atoms with van der Waals surface area (Å²) in [5.74, 6) is -0.867. The number of nitrogens with one attached hydrogen (secondary N) is 1. The number of halogens is 2. The van der Waals surface area contributed by atoms with E-state index in [-0.39, 0.29) is 18.8 Å². The van der Waals surface area contributed by atoms with Crippen molar-refractivity contribution in [2.24, 2.45) is 0 Å². The Hall–Kier alpha value is -2.29. The first-order chi connectivity index (χ1) is 12.9. The zero-order valence-electron chi connectivity index (χ0n) is 15.2. The number of rotatable bonds is 6. The van der Waals surface area contributed by atoms with Gasteiger partial charge in [0.2, 0.25) is 5.91 Å². The number of fused-ring (bicyclic) bond motifs is 1. The largest absolute Gasteiger partial charge is 0.462 e. The van der Waals surface area contributed by atoms with Gasteiger partial charge in [0.15, 0.2) is 0 Å². The second-order valence-corrected chi connectivity index (χ2v) is 7.46. The third kappa shape index (κ3) is 4.18. The van der Waals surface area contributed by atoms with Crippen molar-refractivity contribution in [2.45, 2.75) is 52.5 Å². The summed E-state index contributed by atoms with van der Waals surface area (Å²) in [7, 11) is 0. The lowest BCUT2D eigenvalue weighted by Gasteiger charge is -2.12. The lowest BCUT2D eigenvalue weighted by molar-refractivity contribution is -0.116. The lowest BCUT2D eigenvalue weighted by atomic mass is 9.95. The van der Waals surface area contributed by atoms with Crippen molar-refractivity contribution in [3.05, 3.63) is 33.5 Å². The molecule has 0 bridgehead atoms. The number of esters is 1. The molecular weight excluding hydrogens is 376 g/mol. The summed E-state index contributed by atoms with van der Waals surface area (Å²) in [6.45, 7) is 3.39. The fourth-order valence-electron chi connectivity index (χ4n) is 3.18. The van der Waals surface area contributed by atoms with Crippen molar-refractivity contribution < 1.29 is 23.1 Å². The molecule has 1 N–H and O–H groups in total. The first kappa shape index (κ1) is 19.5. The van der Waals surface area contributed by atoms with Crippen LogP contribution >= 0.6 is 11.3 Å². The highest BCUT2D eigenvalue weighted by molar-refractivity contribution is 7.17. The van der Waals surface area contributed by atoms with Crippen molar-refractivity contribution >= 4 is 28.2 Å². The number of nitrogens with zero attached hydrogens (tertiary/aromatic N) is 2. The lowest BCUT2D eigenvalue weighted by Crippen LogP contribution is -2.21. The number of amides is 1. The molecule has 0 aliphatic heterocycles. The summed E-state index contributed by atoms with van der Waals surface area (Å²) in [6, 6.07) is 1.26. The molecule has 0 radical (unpaired) electrons. The van der Waals surface area contributed by atoms with E-state index in [1.165, 1.54) is 22.1 Å². The number of anilines is 1. The summed E-state index contributed by atoms with van der Waals surface area (Å²) in [4.78, 5) is 25.9. The van der Waals surface area contributed by atoms with Gasteiger partial charge in [-0.05, 0) is 51.2 Å². The van der Waals surface area contributed by atoms with E-state index in [4.69, 9.17) is 4.74 Å². The molecule has 6 nitrogen and oxygen atoms in total. The molecule has 1 aliphatic carbocycles. The van der Waals surface area contributed by atoms with Crippen LogP contribution in [-0.4, -0.2) is 28.3 Å². The Bertz CT molecular complexity index is 860. The van der Waals surface area contributed by atoms with Gasteiger partial charge in [-0.15, -0.1) is 11.3 Å². The number of aryl methyl sites for hydroxylation is 2. The van der Waals surface area contributed by atoms with Gasteiger partial charge in [0, 0.05) is 10.6 Å². The maximum atomic E-state index is 12.8. The number of thiophene rings is 1. The van der Waals surface area contributed by atoms with Crippen LogP contribution in [0.5, 0.6) is 0 Å². The fourth-order valence-corrected chi connectivity index (χ4v) is 4.47. The molecule has 2 aromatic heterocycles. The van der Waals surface area contributed by atoms with Crippen molar-refractivity contribution in [3.63, 3.8) is 0 Å². The summed E-state index contributed by atoms with van der Waals surface area (Å²) in [5, 5.41) is 6.97.